The molecule has 126 valence electrons. The summed E-state index contributed by atoms with van der Waals surface area (Å²) in [5, 5.41) is 10.6. The number of hydrogen-bond donors (Lipinski definition) is 1. The van der Waals surface area contributed by atoms with Crippen molar-refractivity contribution in [2.45, 2.75) is 45.6 Å². The first-order chi connectivity index (χ1) is 12.1. The minimum absolute atomic E-state index is 0.540. The van der Waals surface area contributed by atoms with Crippen LogP contribution in [0.25, 0.3) is 22.0 Å². The molecule has 0 amide bonds. The van der Waals surface area contributed by atoms with Gasteiger partial charge in [-0.3, -0.25) is 4.98 Å². The lowest BCUT2D eigenvalue weighted by Gasteiger charge is -2.13. The number of fused-ring (bicyclic) bond motifs is 1. The van der Waals surface area contributed by atoms with Crippen LogP contribution in [0.3, 0.4) is 0 Å². The highest BCUT2D eigenvalue weighted by Gasteiger charge is 2.22. The number of nitrogens with zero attached hydrogens (tertiary/aromatic N) is 3. The molecule has 3 aromatic rings. The number of nitrogens with two attached hydrogens (primary N) is 1. The Morgan fingerprint density at radius 1 is 1.16 bits per heavy atom. The van der Waals surface area contributed by atoms with E-state index in [4.69, 9.17) is 5.73 Å². The Labute approximate surface area is 147 Å². The number of nitriles is 1. The minimum atomic E-state index is 0.540. The Morgan fingerprint density at radius 2 is 1.92 bits per heavy atom. The van der Waals surface area contributed by atoms with Crippen molar-refractivity contribution in [2.24, 2.45) is 0 Å². The van der Waals surface area contributed by atoms with Crippen molar-refractivity contribution in [3.8, 4) is 17.2 Å². The van der Waals surface area contributed by atoms with E-state index in [-0.39, 0.29) is 0 Å². The quantitative estimate of drug-likeness (QED) is 0.727. The second kappa shape index (κ2) is 5.93. The van der Waals surface area contributed by atoms with E-state index in [0.29, 0.717) is 11.7 Å². The lowest BCUT2D eigenvalue weighted by Crippen LogP contribution is -2.02. The maximum Gasteiger partial charge on any atom is 0.0994 e. The van der Waals surface area contributed by atoms with Crippen molar-refractivity contribution >= 4 is 16.6 Å². The van der Waals surface area contributed by atoms with Gasteiger partial charge < -0.3 is 10.3 Å². The molecule has 2 aromatic heterocycles. The number of hydrogen-bond acceptors (Lipinski definition) is 3. The fourth-order valence-electron chi connectivity index (χ4n) is 4.03. The molecule has 0 atom stereocenters. The number of aryl methyl sites for hydroxylation is 1. The SMILES string of the molecule is Cc1cc2c(cc1C#N)c(-c1cncc(N)c1C)cn2C1CCCC1. The van der Waals surface area contributed by atoms with Crippen molar-refractivity contribution in [2.75, 3.05) is 5.73 Å². The summed E-state index contributed by atoms with van der Waals surface area (Å²) in [6, 6.07) is 7.04. The van der Waals surface area contributed by atoms with Gasteiger partial charge in [-0.1, -0.05) is 12.8 Å². The van der Waals surface area contributed by atoms with Gasteiger partial charge in [0.25, 0.3) is 0 Å². The Hall–Kier alpha value is -2.80. The van der Waals surface area contributed by atoms with Gasteiger partial charge in [0.2, 0.25) is 0 Å². The molecule has 25 heavy (non-hydrogen) atoms. The summed E-state index contributed by atoms with van der Waals surface area (Å²) in [7, 11) is 0. The first kappa shape index (κ1) is 15.7. The topological polar surface area (TPSA) is 67.6 Å². The average Bonchev–Trinajstić information content (AvgIpc) is 3.24. The van der Waals surface area contributed by atoms with Crippen LogP contribution in [-0.2, 0) is 0 Å². The van der Waals surface area contributed by atoms with E-state index in [2.05, 4.69) is 27.9 Å². The third-order valence-electron chi connectivity index (χ3n) is 5.56. The zero-order chi connectivity index (χ0) is 17.6. The highest BCUT2D eigenvalue weighted by Crippen LogP contribution is 2.40. The van der Waals surface area contributed by atoms with E-state index in [1.807, 2.05) is 26.1 Å². The third kappa shape index (κ3) is 2.47. The van der Waals surface area contributed by atoms with Crippen LogP contribution in [0, 0.1) is 25.2 Å². The molecule has 4 heteroatoms. The standard InChI is InChI=1S/C21H22N4/c1-13-7-21-17(8-15(13)9-22)19(12-25(21)16-5-3-4-6-16)18-10-24-11-20(23)14(18)2/h7-8,10-12,16H,3-6,23H2,1-2H3. The van der Waals surface area contributed by atoms with Crippen LogP contribution in [-0.4, -0.2) is 9.55 Å². The Morgan fingerprint density at radius 3 is 2.64 bits per heavy atom. The van der Waals surface area contributed by atoms with Crippen LogP contribution in [0.2, 0.25) is 0 Å². The normalized spacial score (nSPS) is 14.9. The van der Waals surface area contributed by atoms with Crippen molar-refractivity contribution in [1.29, 1.82) is 5.26 Å². The lowest BCUT2D eigenvalue weighted by molar-refractivity contribution is 0.536. The average molecular weight is 330 g/mol. The van der Waals surface area contributed by atoms with E-state index < -0.39 is 0 Å². The van der Waals surface area contributed by atoms with Crippen LogP contribution in [0.4, 0.5) is 5.69 Å². The highest BCUT2D eigenvalue weighted by atomic mass is 15.0. The van der Waals surface area contributed by atoms with E-state index >= 15 is 0 Å². The summed E-state index contributed by atoms with van der Waals surface area (Å²) in [5.74, 6) is 0. The van der Waals surface area contributed by atoms with Gasteiger partial charge in [-0.25, -0.2) is 0 Å². The Balaban J connectivity index is 2.03. The van der Waals surface area contributed by atoms with Gasteiger partial charge in [0.15, 0.2) is 0 Å². The van der Waals surface area contributed by atoms with Crippen LogP contribution in [0.15, 0.2) is 30.7 Å². The van der Waals surface area contributed by atoms with Crippen molar-refractivity contribution in [1.82, 2.24) is 9.55 Å². The largest absolute Gasteiger partial charge is 0.397 e. The molecule has 2 N–H and O–H groups in total. The van der Waals surface area contributed by atoms with E-state index in [0.717, 1.165) is 33.2 Å². The number of nitrogen functional groups attached to an aromatic ring is 1. The van der Waals surface area contributed by atoms with Gasteiger partial charge >= 0.3 is 0 Å². The zero-order valence-electron chi connectivity index (χ0n) is 14.7. The molecule has 0 saturated heterocycles. The van der Waals surface area contributed by atoms with Gasteiger partial charge in [0.1, 0.15) is 0 Å². The summed E-state index contributed by atoms with van der Waals surface area (Å²) < 4.78 is 2.41. The van der Waals surface area contributed by atoms with Crippen molar-refractivity contribution < 1.29 is 0 Å². The molecule has 1 aliphatic rings. The molecule has 1 aromatic carbocycles. The fraction of sp³-hybridized carbons (Fsp3) is 0.333. The monoisotopic (exact) mass is 330 g/mol. The van der Waals surface area contributed by atoms with Gasteiger partial charge in [-0.15, -0.1) is 0 Å². The first-order valence-electron chi connectivity index (χ1n) is 8.86. The smallest absolute Gasteiger partial charge is 0.0994 e. The Bertz CT molecular complexity index is 1000. The number of anilines is 1. The lowest BCUT2D eigenvalue weighted by atomic mass is 9.99. The van der Waals surface area contributed by atoms with Crippen molar-refractivity contribution in [3.05, 3.63) is 47.4 Å². The molecule has 1 fully saturated rings. The van der Waals surface area contributed by atoms with E-state index in [1.54, 1.807) is 6.20 Å². The molecule has 0 radical (unpaired) electrons. The second-order valence-electron chi connectivity index (χ2n) is 7.09. The summed E-state index contributed by atoms with van der Waals surface area (Å²) in [4.78, 5) is 4.30. The zero-order valence-corrected chi connectivity index (χ0v) is 14.7. The van der Waals surface area contributed by atoms with Crippen LogP contribution in [0.5, 0.6) is 0 Å². The maximum atomic E-state index is 9.47. The Kier molecular flexibility index (Phi) is 3.73. The van der Waals surface area contributed by atoms with Crippen molar-refractivity contribution in [3.63, 3.8) is 0 Å². The molecule has 0 unspecified atom stereocenters. The predicted octanol–water partition coefficient (Wildman–Crippen LogP) is 4.89. The molecule has 1 saturated carbocycles. The van der Waals surface area contributed by atoms with Crippen LogP contribution >= 0.6 is 0 Å². The van der Waals surface area contributed by atoms with Gasteiger partial charge in [0.05, 0.1) is 23.5 Å². The second-order valence-corrected chi connectivity index (χ2v) is 7.09. The van der Waals surface area contributed by atoms with E-state index in [9.17, 15) is 5.26 Å². The summed E-state index contributed by atoms with van der Waals surface area (Å²) in [6.07, 6.45) is 10.8. The highest BCUT2D eigenvalue weighted by molar-refractivity contribution is 5.98. The summed E-state index contributed by atoms with van der Waals surface area (Å²) in [5.41, 5.74) is 13.0. The molecular formula is C21H22N4. The van der Waals surface area contributed by atoms with Crippen LogP contribution < -0.4 is 5.73 Å². The van der Waals surface area contributed by atoms with E-state index in [1.165, 1.54) is 31.2 Å². The summed E-state index contributed by atoms with van der Waals surface area (Å²) >= 11 is 0. The number of rotatable bonds is 2. The molecular weight excluding hydrogens is 308 g/mol. The molecule has 0 spiro atoms. The maximum absolute atomic E-state index is 9.47. The number of aromatic nitrogens is 2. The molecule has 1 aliphatic carbocycles. The first-order valence-corrected chi connectivity index (χ1v) is 8.86. The molecule has 4 rings (SSSR count). The van der Waals surface area contributed by atoms with Gasteiger partial charge in [-0.2, -0.15) is 5.26 Å². The fourth-order valence-corrected chi connectivity index (χ4v) is 4.03. The molecule has 0 bridgehead atoms. The minimum Gasteiger partial charge on any atom is -0.397 e. The molecule has 0 aliphatic heterocycles. The number of pyridine rings is 1. The molecule has 4 nitrogen and oxygen atoms in total. The predicted molar refractivity (Wildman–Crippen MR) is 101 cm³/mol. The number of benzene rings is 1. The summed E-state index contributed by atoms with van der Waals surface area (Å²) in [6.45, 7) is 4.04. The van der Waals surface area contributed by atoms with Gasteiger partial charge in [-0.05, 0) is 49.9 Å². The third-order valence-corrected chi connectivity index (χ3v) is 5.56. The van der Waals surface area contributed by atoms with Crippen LogP contribution in [0.1, 0.15) is 48.4 Å². The van der Waals surface area contributed by atoms with Gasteiger partial charge in [0, 0.05) is 40.5 Å². The molecule has 2 heterocycles.